The Balaban J connectivity index is 2.45. The van der Waals surface area contributed by atoms with Crippen molar-refractivity contribution < 1.29 is 19.4 Å². The van der Waals surface area contributed by atoms with Crippen LogP contribution in [-0.4, -0.2) is 40.4 Å². The first-order valence-corrected chi connectivity index (χ1v) is 9.91. The first-order chi connectivity index (χ1) is 12.5. The molecule has 1 aromatic rings. The molecule has 0 radical (unpaired) electrons. The van der Waals surface area contributed by atoms with Crippen molar-refractivity contribution in [2.24, 2.45) is 5.10 Å². The highest BCUT2D eigenvalue weighted by atomic mass is 127. The molecule has 27 heavy (non-hydrogen) atoms. The van der Waals surface area contributed by atoms with Crippen molar-refractivity contribution in [3.05, 3.63) is 37.9 Å². The third kappa shape index (κ3) is 5.68. The fourth-order valence-electron chi connectivity index (χ4n) is 2.56. The van der Waals surface area contributed by atoms with E-state index in [1.54, 1.807) is 39.0 Å². The van der Waals surface area contributed by atoms with Gasteiger partial charge in [0.2, 0.25) is 0 Å². The lowest BCUT2D eigenvalue weighted by atomic mass is 9.89. The molecule has 146 valence electrons. The largest absolute Gasteiger partial charge is 0.506 e. The zero-order chi connectivity index (χ0) is 20.4. The fourth-order valence-corrected chi connectivity index (χ4v) is 3.51. The van der Waals surface area contributed by atoms with Crippen LogP contribution in [0, 0.1) is 3.57 Å². The summed E-state index contributed by atoms with van der Waals surface area (Å²) in [5.74, 6) is -0.456. The summed E-state index contributed by atoms with van der Waals surface area (Å²) in [5, 5.41) is 16.4. The molecular formula is C19H22ClIN2O4. The Kier molecular flexibility index (Phi) is 6.91. The molecule has 0 bridgehead atoms. The van der Waals surface area contributed by atoms with Crippen molar-refractivity contribution in [3.8, 4) is 0 Å². The summed E-state index contributed by atoms with van der Waals surface area (Å²) < 4.78 is 6.18. The van der Waals surface area contributed by atoms with Gasteiger partial charge in [-0.15, -0.1) is 0 Å². The normalized spacial score (nSPS) is 18.4. The molecule has 1 aliphatic rings. The molecule has 1 aliphatic carbocycles. The van der Waals surface area contributed by atoms with Crippen LogP contribution in [0.3, 0.4) is 0 Å². The number of hydrazone groups is 1. The number of ether oxygens (including phenoxy) is 1. The highest BCUT2D eigenvalue weighted by molar-refractivity contribution is 14.1. The standard InChI is InChI=1S/C19H22ClIN2O4/c1-19(2,3)27-18(26)23(4)22-14-6-5-7-15(24)16(14)17(25)12-9-8-11(21)10-13(12)20/h8-10,25H,5-7H2,1-4H3. The number of nitrogens with zero attached hydrogens (tertiary/aromatic N) is 2. The van der Waals surface area contributed by atoms with Crippen LogP contribution in [0.1, 0.15) is 45.6 Å². The van der Waals surface area contributed by atoms with Crippen LogP contribution in [0.2, 0.25) is 5.02 Å². The smallest absolute Gasteiger partial charge is 0.430 e. The Morgan fingerprint density at radius 3 is 2.59 bits per heavy atom. The Bertz CT molecular complexity index is 827. The minimum atomic E-state index is -0.663. The fraction of sp³-hybridized carbons (Fsp3) is 0.421. The van der Waals surface area contributed by atoms with Crippen LogP contribution in [-0.2, 0) is 9.53 Å². The number of aliphatic hydroxyl groups is 1. The van der Waals surface area contributed by atoms with Gasteiger partial charge in [0.15, 0.2) is 5.78 Å². The highest BCUT2D eigenvalue weighted by Crippen LogP contribution is 2.30. The number of hydrogen-bond donors (Lipinski definition) is 1. The molecule has 0 heterocycles. The molecular weight excluding hydrogens is 483 g/mol. The molecule has 0 saturated heterocycles. The number of Topliss-reactive ketones (excluding diaryl/α,β-unsaturated/α-hetero) is 1. The minimum absolute atomic E-state index is 0.0970. The summed E-state index contributed by atoms with van der Waals surface area (Å²) in [6, 6.07) is 5.14. The Hall–Kier alpha value is -1.61. The van der Waals surface area contributed by atoms with Crippen molar-refractivity contribution in [2.45, 2.75) is 45.6 Å². The molecule has 1 saturated carbocycles. The molecule has 8 heteroatoms. The van der Waals surface area contributed by atoms with E-state index in [1.807, 2.05) is 0 Å². The third-order valence-electron chi connectivity index (χ3n) is 3.74. The van der Waals surface area contributed by atoms with Crippen molar-refractivity contribution in [2.75, 3.05) is 7.05 Å². The summed E-state index contributed by atoms with van der Waals surface area (Å²) in [6.45, 7) is 5.27. The van der Waals surface area contributed by atoms with Gasteiger partial charge >= 0.3 is 6.09 Å². The lowest BCUT2D eigenvalue weighted by molar-refractivity contribution is -0.115. The van der Waals surface area contributed by atoms with Crippen LogP contribution >= 0.6 is 34.2 Å². The predicted molar refractivity (Wildman–Crippen MR) is 114 cm³/mol. The molecule has 0 aromatic heterocycles. The van der Waals surface area contributed by atoms with Gasteiger partial charge < -0.3 is 9.84 Å². The number of carbonyl (C=O) groups is 2. The second kappa shape index (κ2) is 8.60. The van der Waals surface area contributed by atoms with E-state index in [0.29, 0.717) is 35.6 Å². The third-order valence-corrected chi connectivity index (χ3v) is 4.72. The molecule has 1 N–H and O–H groups in total. The van der Waals surface area contributed by atoms with E-state index in [9.17, 15) is 14.7 Å². The molecule has 0 spiro atoms. The maximum Gasteiger partial charge on any atom is 0.430 e. The van der Waals surface area contributed by atoms with Gasteiger partial charge in [0.1, 0.15) is 11.4 Å². The van der Waals surface area contributed by atoms with Gasteiger partial charge in [-0.1, -0.05) is 11.6 Å². The SMILES string of the molecule is CN(N=C1CCCC(=O)C1=C(O)c1ccc(I)cc1Cl)C(=O)OC(C)(C)C. The molecule has 6 nitrogen and oxygen atoms in total. The Labute approximate surface area is 177 Å². The zero-order valence-electron chi connectivity index (χ0n) is 15.7. The number of carbonyl (C=O) groups excluding carboxylic acids is 2. The average Bonchev–Trinajstić information content (AvgIpc) is 2.52. The van der Waals surface area contributed by atoms with Gasteiger partial charge in [0, 0.05) is 22.6 Å². The van der Waals surface area contributed by atoms with Crippen molar-refractivity contribution in [3.63, 3.8) is 0 Å². The van der Waals surface area contributed by atoms with E-state index in [-0.39, 0.29) is 17.1 Å². The monoisotopic (exact) mass is 504 g/mol. The highest BCUT2D eigenvalue weighted by Gasteiger charge is 2.29. The van der Waals surface area contributed by atoms with Crippen molar-refractivity contribution >= 4 is 57.5 Å². The van der Waals surface area contributed by atoms with Crippen molar-refractivity contribution in [1.29, 1.82) is 0 Å². The topological polar surface area (TPSA) is 79.2 Å². The lowest BCUT2D eigenvalue weighted by Crippen LogP contribution is -2.33. The lowest BCUT2D eigenvalue weighted by Gasteiger charge is -2.24. The Morgan fingerprint density at radius 1 is 1.33 bits per heavy atom. The number of amides is 1. The number of hydrogen-bond acceptors (Lipinski definition) is 5. The van der Waals surface area contributed by atoms with E-state index in [2.05, 4.69) is 27.7 Å². The van der Waals surface area contributed by atoms with E-state index >= 15 is 0 Å². The van der Waals surface area contributed by atoms with Crippen LogP contribution in [0.5, 0.6) is 0 Å². The molecule has 1 amide bonds. The number of benzene rings is 1. The average molecular weight is 505 g/mol. The Morgan fingerprint density at radius 2 is 2.00 bits per heavy atom. The van der Waals surface area contributed by atoms with Gasteiger partial charge in [-0.2, -0.15) is 5.10 Å². The maximum atomic E-state index is 12.5. The summed E-state index contributed by atoms with van der Waals surface area (Å²) >= 11 is 8.34. The summed E-state index contributed by atoms with van der Waals surface area (Å²) in [6.07, 6.45) is 0.715. The van der Waals surface area contributed by atoms with Crippen molar-refractivity contribution in [1.82, 2.24) is 5.01 Å². The van der Waals surface area contributed by atoms with Crippen LogP contribution in [0.15, 0.2) is 28.9 Å². The van der Waals surface area contributed by atoms with E-state index in [1.165, 1.54) is 7.05 Å². The second-order valence-corrected chi connectivity index (χ2v) is 8.83. The van der Waals surface area contributed by atoms with Crippen LogP contribution in [0.4, 0.5) is 4.79 Å². The number of allylic oxidation sites excluding steroid dienone is 1. The van der Waals surface area contributed by atoms with Crippen LogP contribution in [0.25, 0.3) is 5.76 Å². The number of aliphatic hydroxyl groups excluding tert-OH is 1. The maximum absolute atomic E-state index is 12.5. The van der Waals surface area contributed by atoms with E-state index < -0.39 is 11.7 Å². The first-order valence-electron chi connectivity index (χ1n) is 8.46. The van der Waals surface area contributed by atoms with Gasteiger partial charge in [0.05, 0.1) is 16.3 Å². The van der Waals surface area contributed by atoms with Gasteiger partial charge in [0.25, 0.3) is 0 Å². The number of rotatable bonds is 2. The van der Waals surface area contributed by atoms with E-state index in [0.717, 1.165) is 8.58 Å². The van der Waals surface area contributed by atoms with Crippen LogP contribution < -0.4 is 0 Å². The quantitative estimate of drug-likeness (QED) is 0.260. The summed E-state index contributed by atoms with van der Waals surface area (Å²) in [4.78, 5) is 24.7. The minimum Gasteiger partial charge on any atom is -0.506 e. The van der Waals surface area contributed by atoms with Gasteiger partial charge in [-0.25, -0.2) is 9.80 Å². The van der Waals surface area contributed by atoms with E-state index in [4.69, 9.17) is 16.3 Å². The van der Waals surface area contributed by atoms with Gasteiger partial charge in [-0.3, -0.25) is 4.79 Å². The number of ketones is 1. The molecule has 0 aliphatic heterocycles. The second-order valence-electron chi connectivity index (χ2n) is 7.18. The summed E-state index contributed by atoms with van der Waals surface area (Å²) in [5.41, 5.74) is 0.130. The molecule has 1 aromatic carbocycles. The number of halogens is 2. The molecule has 0 unspecified atom stereocenters. The predicted octanol–water partition coefficient (Wildman–Crippen LogP) is 5.19. The zero-order valence-corrected chi connectivity index (χ0v) is 18.6. The van der Waals surface area contributed by atoms with Gasteiger partial charge in [-0.05, 0) is 74.4 Å². The molecule has 0 atom stereocenters. The molecule has 2 rings (SSSR count). The first kappa shape index (κ1) is 21.7. The summed E-state index contributed by atoms with van der Waals surface area (Å²) in [7, 11) is 1.45. The molecule has 1 fully saturated rings.